The molecule has 0 spiro atoms. The number of ether oxygens (including phenoxy) is 2. The topological polar surface area (TPSA) is 74.5 Å². The quantitative estimate of drug-likeness (QED) is 0.472. The van der Waals surface area contributed by atoms with Gasteiger partial charge in [0, 0.05) is 11.1 Å². The van der Waals surface area contributed by atoms with Crippen LogP contribution in [0.2, 0.25) is 0 Å². The van der Waals surface area contributed by atoms with Crippen LogP contribution in [0.1, 0.15) is 10.4 Å². The first-order valence-corrected chi connectivity index (χ1v) is 8.46. The summed E-state index contributed by atoms with van der Waals surface area (Å²) in [6.07, 6.45) is 0. The Balaban J connectivity index is 1.63. The number of hydrogen-bond donors (Lipinski definition) is 0. The van der Waals surface area contributed by atoms with E-state index in [1.807, 2.05) is 24.3 Å². The number of aromatic nitrogens is 2. The van der Waals surface area contributed by atoms with E-state index < -0.39 is 0 Å². The zero-order valence-corrected chi connectivity index (χ0v) is 14.6. The molecular formula is C18H16N2O4S. The molecule has 128 valence electrons. The van der Waals surface area contributed by atoms with Gasteiger partial charge >= 0.3 is 0 Å². The van der Waals surface area contributed by atoms with E-state index in [4.69, 9.17) is 13.9 Å². The van der Waals surface area contributed by atoms with Crippen LogP contribution in [-0.2, 0) is 0 Å². The number of rotatable bonds is 7. The van der Waals surface area contributed by atoms with Gasteiger partial charge in [-0.15, -0.1) is 10.2 Å². The Morgan fingerprint density at radius 3 is 2.52 bits per heavy atom. The molecule has 0 saturated carbocycles. The summed E-state index contributed by atoms with van der Waals surface area (Å²) in [5.74, 6) is 2.00. The number of thioether (sulfide) groups is 1. The number of hydrogen-bond acceptors (Lipinski definition) is 7. The average molecular weight is 356 g/mol. The Morgan fingerprint density at radius 1 is 1.04 bits per heavy atom. The number of nitrogens with zero attached hydrogens (tertiary/aromatic N) is 2. The van der Waals surface area contributed by atoms with Crippen LogP contribution in [0, 0.1) is 0 Å². The van der Waals surface area contributed by atoms with Crippen LogP contribution >= 0.6 is 11.8 Å². The molecule has 0 aliphatic carbocycles. The summed E-state index contributed by atoms with van der Waals surface area (Å²) in [7, 11) is 3.18. The van der Waals surface area contributed by atoms with Crippen molar-refractivity contribution in [1.82, 2.24) is 10.2 Å². The third kappa shape index (κ3) is 4.19. The Bertz CT molecular complexity index is 862. The van der Waals surface area contributed by atoms with Gasteiger partial charge in [-0.25, -0.2) is 0 Å². The van der Waals surface area contributed by atoms with Crippen LogP contribution in [0.3, 0.4) is 0 Å². The number of methoxy groups -OCH3 is 2. The van der Waals surface area contributed by atoms with Gasteiger partial charge in [-0.1, -0.05) is 17.8 Å². The maximum absolute atomic E-state index is 12.2. The summed E-state index contributed by atoms with van der Waals surface area (Å²) in [6.45, 7) is 0. The van der Waals surface area contributed by atoms with Crippen molar-refractivity contribution in [3.05, 3.63) is 54.1 Å². The molecule has 0 radical (unpaired) electrons. The lowest BCUT2D eigenvalue weighted by Crippen LogP contribution is -2.02. The molecule has 1 aromatic heterocycles. The van der Waals surface area contributed by atoms with Gasteiger partial charge in [0.25, 0.3) is 5.22 Å². The van der Waals surface area contributed by atoms with E-state index in [0.29, 0.717) is 28.2 Å². The lowest BCUT2D eigenvalue weighted by Gasteiger charge is -2.02. The second-order valence-electron chi connectivity index (χ2n) is 5.05. The summed E-state index contributed by atoms with van der Waals surface area (Å²) in [4.78, 5) is 12.2. The minimum atomic E-state index is -0.0196. The van der Waals surface area contributed by atoms with E-state index in [2.05, 4.69) is 10.2 Å². The van der Waals surface area contributed by atoms with Gasteiger partial charge in [-0.2, -0.15) is 0 Å². The van der Waals surface area contributed by atoms with Gasteiger partial charge < -0.3 is 13.9 Å². The Hall–Kier alpha value is -2.80. The highest BCUT2D eigenvalue weighted by molar-refractivity contribution is 7.99. The molecular weight excluding hydrogens is 340 g/mol. The number of Topliss-reactive ketones (excluding diaryl/α,β-unsaturated/α-hetero) is 1. The zero-order chi connectivity index (χ0) is 17.6. The van der Waals surface area contributed by atoms with E-state index in [9.17, 15) is 4.79 Å². The van der Waals surface area contributed by atoms with Crippen LogP contribution < -0.4 is 9.47 Å². The molecule has 0 unspecified atom stereocenters. The monoisotopic (exact) mass is 356 g/mol. The fourth-order valence-electron chi connectivity index (χ4n) is 2.13. The second kappa shape index (κ2) is 7.85. The fourth-order valence-corrected chi connectivity index (χ4v) is 2.79. The van der Waals surface area contributed by atoms with Gasteiger partial charge in [0.15, 0.2) is 5.78 Å². The molecule has 3 aromatic rings. The Morgan fingerprint density at radius 2 is 1.80 bits per heavy atom. The van der Waals surface area contributed by atoms with Gasteiger partial charge in [0.1, 0.15) is 11.5 Å². The molecule has 25 heavy (non-hydrogen) atoms. The second-order valence-corrected chi connectivity index (χ2v) is 5.97. The molecule has 0 saturated heterocycles. The van der Waals surface area contributed by atoms with Crippen molar-refractivity contribution in [2.24, 2.45) is 0 Å². The van der Waals surface area contributed by atoms with Gasteiger partial charge in [-0.3, -0.25) is 4.79 Å². The molecule has 0 atom stereocenters. The van der Waals surface area contributed by atoms with Crippen molar-refractivity contribution >= 4 is 17.5 Å². The maximum Gasteiger partial charge on any atom is 0.277 e. The van der Waals surface area contributed by atoms with Crippen LogP contribution in [0.25, 0.3) is 11.5 Å². The third-order valence-electron chi connectivity index (χ3n) is 3.46. The van der Waals surface area contributed by atoms with E-state index >= 15 is 0 Å². The van der Waals surface area contributed by atoms with E-state index in [-0.39, 0.29) is 11.5 Å². The van der Waals surface area contributed by atoms with Gasteiger partial charge in [-0.05, 0) is 42.5 Å². The highest BCUT2D eigenvalue weighted by atomic mass is 32.2. The van der Waals surface area contributed by atoms with Gasteiger partial charge in [0.05, 0.1) is 20.0 Å². The smallest absolute Gasteiger partial charge is 0.277 e. The van der Waals surface area contributed by atoms with Crippen molar-refractivity contribution in [1.29, 1.82) is 0 Å². The van der Waals surface area contributed by atoms with Crippen molar-refractivity contribution < 1.29 is 18.7 Å². The Kier molecular flexibility index (Phi) is 5.35. The summed E-state index contributed by atoms with van der Waals surface area (Å²) < 4.78 is 15.9. The number of benzene rings is 2. The van der Waals surface area contributed by atoms with E-state index in [1.165, 1.54) is 11.8 Å². The SMILES string of the molecule is COc1ccc(C(=O)CSc2nnc(-c3cccc(OC)c3)o2)cc1. The molecule has 0 aliphatic rings. The largest absolute Gasteiger partial charge is 0.497 e. The predicted molar refractivity (Wildman–Crippen MR) is 94.3 cm³/mol. The van der Waals surface area contributed by atoms with Crippen molar-refractivity contribution in [2.75, 3.05) is 20.0 Å². The summed E-state index contributed by atoms with van der Waals surface area (Å²) >= 11 is 1.21. The van der Waals surface area contributed by atoms with Crippen LogP contribution in [0.15, 0.2) is 58.2 Å². The standard InChI is InChI=1S/C18H16N2O4S/c1-22-14-8-6-12(7-9-14)16(21)11-25-18-20-19-17(24-18)13-4-3-5-15(10-13)23-2/h3-10H,11H2,1-2H3. The number of ketones is 1. The fraction of sp³-hybridized carbons (Fsp3) is 0.167. The first-order valence-electron chi connectivity index (χ1n) is 7.47. The number of carbonyl (C=O) groups excluding carboxylic acids is 1. The summed E-state index contributed by atoms with van der Waals surface area (Å²) in [5.41, 5.74) is 1.38. The molecule has 2 aromatic carbocycles. The molecule has 0 bridgehead atoms. The molecule has 0 N–H and O–H groups in total. The lowest BCUT2D eigenvalue weighted by atomic mass is 10.1. The summed E-state index contributed by atoms with van der Waals surface area (Å²) in [6, 6.07) is 14.3. The highest BCUT2D eigenvalue weighted by Gasteiger charge is 2.13. The van der Waals surface area contributed by atoms with Crippen molar-refractivity contribution in [2.45, 2.75) is 5.22 Å². The van der Waals surface area contributed by atoms with Gasteiger partial charge in [0.2, 0.25) is 5.89 Å². The molecule has 0 fully saturated rings. The molecule has 3 rings (SSSR count). The first kappa shape index (κ1) is 17.0. The van der Waals surface area contributed by atoms with Crippen LogP contribution in [0.5, 0.6) is 11.5 Å². The molecule has 7 heteroatoms. The van der Waals surface area contributed by atoms with Crippen molar-refractivity contribution in [3.63, 3.8) is 0 Å². The van der Waals surface area contributed by atoms with E-state index in [1.54, 1.807) is 38.5 Å². The van der Waals surface area contributed by atoms with Crippen molar-refractivity contribution in [3.8, 4) is 23.0 Å². The highest BCUT2D eigenvalue weighted by Crippen LogP contribution is 2.26. The number of carbonyl (C=O) groups is 1. The molecule has 0 aliphatic heterocycles. The lowest BCUT2D eigenvalue weighted by molar-refractivity contribution is 0.102. The molecule has 1 heterocycles. The van der Waals surface area contributed by atoms with E-state index in [0.717, 1.165) is 5.56 Å². The van der Waals surface area contributed by atoms with Crippen LogP contribution in [0.4, 0.5) is 0 Å². The first-order chi connectivity index (χ1) is 12.2. The molecule has 6 nitrogen and oxygen atoms in total. The summed E-state index contributed by atoms with van der Waals surface area (Å²) in [5, 5.41) is 8.34. The normalized spacial score (nSPS) is 10.5. The minimum absolute atomic E-state index is 0.0196. The average Bonchev–Trinajstić information content (AvgIpc) is 3.15. The maximum atomic E-state index is 12.2. The third-order valence-corrected chi connectivity index (χ3v) is 4.28. The Labute approximate surface area is 149 Å². The van der Waals surface area contributed by atoms with Crippen LogP contribution in [-0.4, -0.2) is 36.0 Å². The molecule has 0 amide bonds. The minimum Gasteiger partial charge on any atom is -0.497 e. The predicted octanol–water partition coefficient (Wildman–Crippen LogP) is 3.73. The zero-order valence-electron chi connectivity index (χ0n) is 13.8.